The minimum Gasteiger partial charge on any atom is -0.341 e. The predicted octanol–water partition coefficient (Wildman–Crippen LogP) is 3.62. The van der Waals surface area contributed by atoms with E-state index in [0.29, 0.717) is 5.91 Å². The van der Waals surface area contributed by atoms with E-state index in [2.05, 4.69) is 47.9 Å². The number of aryl methyl sites for hydroxylation is 1. The summed E-state index contributed by atoms with van der Waals surface area (Å²) in [5.41, 5.74) is 2.61. The molecular formula is C20H30N2O. The van der Waals surface area contributed by atoms with Crippen LogP contribution in [-0.2, 0) is 17.8 Å². The van der Waals surface area contributed by atoms with E-state index in [-0.39, 0.29) is 5.54 Å². The molecule has 0 saturated carbocycles. The maximum Gasteiger partial charge on any atom is 0.243 e. The lowest BCUT2D eigenvalue weighted by molar-refractivity contribution is -0.147. The van der Waals surface area contributed by atoms with E-state index in [1.807, 2.05) is 0 Å². The van der Waals surface area contributed by atoms with Crippen LogP contribution in [0.5, 0.6) is 0 Å². The Labute approximate surface area is 140 Å². The molecule has 2 aliphatic heterocycles. The van der Waals surface area contributed by atoms with E-state index in [1.165, 1.54) is 11.1 Å². The van der Waals surface area contributed by atoms with E-state index >= 15 is 0 Å². The third-order valence-electron chi connectivity index (χ3n) is 5.68. The van der Waals surface area contributed by atoms with Gasteiger partial charge in [-0.05, 0) is 56.2 Å². The Morgan fingerprint density at radius 2 is 1.74 bits per heavy atom. The lowest BCUT2D eigenvalue weighted by Crippen LogP contribution is -2.59. The summed E-state index contributed by atoms with van der Waals surface area (Å²) in [6.07, 6.45) is 6.51. The van der Waals surface area contributed by atoms with Crippen molar-refractivity contribution in [2.45, 2.75) is 64.5 Å². The van der Waals surface area contributed by atoms with Crippen molar-refractivity contribution < 1.29 is 4.79 Å². The van der Waals surface area contributed by atoms with Gasteiger partial charge in [0.2, 0.25) is 5.91 Å². The Hall–Kier alpha value is -1.35. The lowest BCUT2D eigenvalue weighted by Gasteiger charge is -2.45. The smallest absolute Gasteiger partial charge is 0.243 e. The molecule has 23 heavy (non-hydrogen) atoms. The average Bonchev–Trinajstić information content (AvgIpc) is 2.96. The quantitative estimate of drug-likeness (QED) is 0.829. The SMILES string of the molecule is CCCN1CCCC2(CCCN2Cc2ccccc2CC)C1=O. The number of likely N-dealkylation sites (tertiary alicyclic amines) is 2. The molecule has 0 N–H and O–H groups in total. The first-order chi connectivity index (χ1) is 11.2. The highest BCUT2D eigenvalue weighted by Crippen LogP contribution is 2.39. The van der Waals surface area contributed by atoms with Crippen LogP contribution in [-0.4, -0.2) is 40.9 Å². The van der Waals surface area contributed by atoms with E-state index in [4.69, 9.17) is 0 Å². The van der Waals surface area contributed by atoms with Crippen LogP contribution in [0.25, 0.3) is 0 Å². The fourth-order valence-electron chi connectivity index (χ4n) is 4.50. The highest BCUT2D eigenvalue weighted by atomic mass is 16.2. The molecule has 3 nitrogen and oxygen atoms in total. The first-order valence-corrected chi connectivity index (χ1v) is 9.32. The zero-order chi connectivity index (χ0) is 16.3. The number of carbonyl (C=O) groups excluding carboxylic acids is 1. The number of benzene rings is 1. The molecule has 1 unspecified atom stereocenters. The second-order valence-corrected chi connectivity index (χ2v) is 7.07. The molecule has 0 aliphatic carbocycles. The molecule has 0 radical (unpaired) electrons. The number of rotatable bonds is 5. The zero-order valence-electron chi connectivity index (χ0n) is 14.7. The molecule has 3 rings (SSSR count). The Morgan fingerprint density at radius 1 is 1.04 bits per heavy atom. The number of amides is 1. The predicted molar refractivity (Wildman–Crippen MR) is 94.3 cm³/mol. The summed E-state index contributed by atoms with van der Waals surface area (Å²) in [5.74, 6) is 0.400. The van der Waals surface area contributed by atoms with Crippen LogP contribution in [0.1, 0.15) is 57.1 Å². The van der Waals surface area contributed by atoms with Crippen LogP contribution in [0.2, 0.25) is 0 Å². The number of nitrogens with zero attached hydrogens (tertiary/aromatic N) is 2. The molecule has 2 aliphatic rings. The molecule has 1 amide bonds. The molecule has 1 atom stereocenters. The molecule has 1 aromatic rings. The van der Waals surface area contributed by atoms with E-state index in [9.17, 15) is 4.79 Å². The summed E-state index contributed by atoms with van der Waals surface area (Å²) < 4.78 is 0. The van der Waals surface area contributed by atoms with E-state index in [1.54, 1.807) is 0 Å². The summed E-state index contributed by atoms with van der Waals surface area (Å²) in [7, 11) is 0. The Balaban J connectivity index is 1.83. The van der Waals surface area contributed by atoms with Gasteiger partial charge in [0.15, 0.2) is 0 Å². The Bertz CT molecular complexity index is 554. The fraction of sp³-hybridized carbons (Fsp3) is 0.650. The molecule has 1 aromatic carbocycles. The van der Waals surface area contributed by atoms with Gasteiger partial charge in [-0.1, -0.05) is 38.1 Å². The number of piperidine rings is 1. The molecule has 126 valence electrons. The topological polar surface area (TPSA) is 23.6 Å². The molecule has 2 saturated heterocycles. The van der Waals surface area contributed by atoms with Crippen molar-refractivity contribution in [3.05, 3.63) is 35.4 Å². The molecule has 2 fully saturated rings. The first-order valence-electron chi connectivity index (χ1n) is 9.32. The van der Waals surface area contributed by atoms with Gasteiger partial charge in [0.1, 0.15) is 5.54 Å². The highest BCUT2D eigenvalue weighted by molar-refractivity contribution is 5.87. The van der Waals surface area contributed by atoms with Crippen LogP contribution in [0.4, 0.5) is 0 Å². The molecule has 0 aromatic heterocycles. The second kappa shape index (κ2) is 7.04. The summed E-state index contributed by atoms with van der Waals surface area (Å²) in [6, 6.07) is 8.71. The van der Waals surface area contributed by atoms with Crippen LogP contribution >= 0.6 is 0 Å². The summed E-state index contributed by atoms with van der Waals surface area (Å²) in [6.45, 7) is 8.24. The van der Waals surface area contributed by atoms with Gasteiger partial charge >= 0.3 is 0 Å². The van der Waals surface area contributed by atoms with E-state index in [0.717, 1.165) is 64.7 Å². The van der Waals surface area contributed by atoms with Gasteiger partial charge < -0.3 is 4.90 Å². The van der Waals surface area contributed by atoms with Crippen molar-refractivity contribution in [3.8, 4) is 0 Å². The van der Waals surface area contributed by atoms with Crippen molar-refractivity contribution in [1.29, 1.82) is 0 Å². The van der Waals surface area contributed by atoms with Crippen molar-refractivity contribution in [2.24, 2.45) is 0 Å². The van der Waals surface area contributed by atoms with Crippen molar-refractivity contribution in [3.63, 3.8) is 0 Å². The normalized spacial score (nSPS) is 25.5. The number of hydrogen-bond acceptors (Lipinski definition) is 2. The summed E-state index contributed by atoms with van der Waals surface area (Å²) in [5, 5.41) is 0. The molecule has 0 bridgehead atoms. The maximum absolute atomic E-state index is 13.2. The first kappa shape index (κ1) is 16.5. The number of hydrogen-bond donors (Lipinski definition) is 0. The standard InChI is InChI=1S/C20H30N2O/c1-3-13-21-14-7-11-20(19(21)23)12-8-15-22(20)16-18-10-6-5-9-17(18)4-2/h5-6,9-10H,3-4,7-8,11-16H2,1-2H3. The van der Waals surface area contributed by atoms with Crippen LogP contribution < -0.4 is 0 Å². The van der Waals surface area contributed by atoms with Crippen molar-refractivity contribution in [1.82, 2.24) is 9.80 Å². The summed E-state index contributed by atoms with van der Waals surface area (Å²) in [4.78, 5) is 17.8. The highest BCUT2D eigenvalue weighted by Gasteiger charge is 2.50. The number of carbonyl (C=O) groups is 1. The van der Waals surface area contributed by atoms with Gasteiger partial charge in [-0.15, -0.1) is 0 Å². The van der Waals surface area contributed by atoms with Gasteiger partial charge in [0, 0.05) is 19.6 Å². The van der Waals surface area contributed by atoms with E-state index < -0.39 is 0 Å². The van der Waals surface area contributed by atoms with Crippen LogP contribution in [0.3, 0.4) is 0 Å². The minimum atomic E-state index is -0.214. The Kier molecular flexibility index (Phi) is 5.05. The average molecular weight is 314 g/mol. The van der Waals surface area contributed by atoms with Gasteiger partial charge in [-0.3, -0.25) is 9.69 Å². The van der Waals surface area contributed by atoms with Crippen LogP contribution in [0, 0.1) is 0 Å². The molecule has 3 heteroatoms. The molecule has 1 spiro atoms. The largest absolute Gasteiger partial charge is 0.341 e. The maximum atomic E-state index is 13.2. The van der Waals surface area contributed by atoms with Gasteiger partial charge in [-0.2, -0.15) is 0 Å². The second-order valence-electron chi connectivity index (χ2n) is 7.07. The minimum absolute atomic E-state index is 0.214. The van der Waals surface area contributed by atoms with Crippen molar-refractivity contribution >= 4 is 5.91 Å². The summed E-state index contributed by atoms with van der Waals surface area (Å²) >= 11 is 0. The lowest BCUT2D eigenvalue weighted by atomic mass is 9.85. The Morgan fingerprint density at radius 3 is 2.43 bits per heavy atom. The van der Waals surface area contributed by atoms with Gasteiger partial charge in [0.25, 0.3) is 0 Å². The monoisotopic (exact) mass is 314 g/mol. The zero-order valence-corrected chi connectivity index (χ0v) is 14.7. The van der Waals surface area contributed by atoms with Gasteiger partial charge in [-0.25, -0.2) is 0 Å². The molecule has 2 heterocycles. The third kappa shape index (κ3) is 3.03. The third-order valence-corrected chi connectivity index (χ3v) is 5.68. The fourth-order valence-corrected chi connectivity index (χ4v) is 4.50. The molecular weight excluding hydrogens is 284 g/mol. The van der Waals surface area contributed by atoms with Crippen molar-refractivity contribution in [2.75, 3.05) is 19.6 Å². The van der Waals surface area contributed by atoms with Gasteiger partial charge in [0.05, 0.1) is 0 Å². The van der Waals surface area contributed by atoms with Crippen LogP contribution in [0.15, 0.2) is 24.3 Å².